The van der Waals surface area contributed by atoms with Crippen molar-refractivity contribution in [1.29, 1.82) is 0 Å². The molecule has 0 aliphatic rings. The van der Waals surface area contributed by atoms with Crippen LogP contribution in [0.3, 0.4) is 0 Å². The first-order valence-electron chi connectivity index (χ1n) is 5.71. The molecule has 1 amide bonds. The summed E-state index contributed by atoms with van der Waals surface area (Å²) in [5.41, 5.74) is -0.351. The Balaban J connectivity index is 2.26. The first kappa shape index (κ1) is 16.3. The molecule has 2 aromatic carbocycles. The van der Waals surface area contributed by atoms with Gasteiger partial charge in [-0.2, -0.15) is 13.2 Å². The highest BCUT2D eigenvalue weighted by Crippen LogP contribution is 2.36. The smallest absolute Gasteiger partial charge is 0.322 e. The lowest BCUT2D eigenvalue weighted by molar-refractivity contribution is -0.138. The predicted octanol–water partition coefficient (Wildman–Crippen LogP) is 5.32. The molecule has 0 heterocycles. The van der Waals surface area contributed by atoms with Crippen LogP contribution in [-0.2, 0) is 6.18 Å². The molecule has 0 bridgehead atoms. The molecule has 0 saturated heterocycles. The number of benzene rings is 2. The third kappa shape index (κ3) is 4.19. The number of hydrogen-bond acceptors (Lipinski definition) is 1. The van der Waals surface area contributed by atoms with Crippen LogP contribution in [0.1, 0.15) is 15.9 Å². The molecule has 7 heteroatoms. The van der Waals surface area contributed by atoms with Crippen LogP contribution in [0.5, 0.6) is 0 Å². The minimum absolute atomic E-state index is 0.0674. The average Bonchev–Trinajstić information content (AvgIpc) is 2.39. The number of rotatable bonds is 2. The van der Waals surface area contributed by atoms with E-state index in [4.69, 9.17) is 0 Å². The Bertz CT molecular complexity index is 688. The van der Waals surface area contributed by atoms with Crippen molar-refractivity contribution >= 4 is 50.1 Å². The molecule has 21 heavy (non-hydrogen) atoms. The first-order valence-corrected chi connectivity index (χ1v) is 7.58. The summed E-state index contributed by atoms with van der Waals surface area (Å²) in [6.45, 7) is 0. The van der Waals surface area contributed by atoms with E-state index in [0.717, 1.165) is 9.64 Å². The van der Waals surface area contributed by atoms with Crippen molar-refractivity contribution in [2.75, 3.05) is 5.32 Å². The highest BCUT2D eigenvalue weighted by Gasteiger charge is 2.33. The normalized spacial score (nSPS) is 11.3. The fourth-order valence-corrected chi connectivity index (χ4v) is 2.67. The number of nitrogens with one attached hydrogen (secondary N) is 1. The summed E-state index contributed by atoms with van der Waals surface area (Å²) >= 11 is 4.91. The van der Waals surface area contributed by atoms with Crippen molar-refractivity contribution in [3.05, 3.63) is 61.6 Å². The standard InChI is InChI=1S/C14H8BrF3INO/c15-12-5-4-10(7-11(12)14(16,17)18)20-13(21)8-2-1-3-9(19)6-8/h1-7H,(H,20,21). The van der Waals surface area contributed by atoms with Gasteiger partial charge in [0, 0.05) is 19.3 Å². The van der Waals surface area contributed by atoms with Crippen molar-refractivity contribution in [3.8, 4) is 0 Å². The van der Waals surface area contributed by atoms with Crippen LogP contribution in [0.4, 0.5) is 18.9 Å². The second kappa shape index (κ2) is 6.35. The number of anilines is 1. The van der Waals surface area contributed by atoms with Gasteiger partial charge in [-0.3, -0.25) is 4.79 Å². The third-order valence-corrected chi connectivity index (χ3v) is 3.98. The number of amides is 1. The first-order chi connectivity index (χ1) is 9.77. The highest BCUT2D eigenvalue weighted by molar-refractivity contribution is 14.1. The molecule has 0 radical (unpaired) electrons. The van der Waals surface area contributed by atoms with Gasteiger partial charge in [0.1, 0.15) is 0 Å². The Hall–Kier alpha value is -1.09. The number of halogens is 5. The van der Waals surface area contributed by atoms with E-state index in [1.165, 1.54) is 12.1 Å². The maximum Gasteiger partial charge on any atom is 0.417 e. The van der Waals surface area contributed by atoms with Gasteiger partial charge in [-0.15, -0.1) is 0 Å². The molecule has 0 aliphatic heterocycles. The number of carbonyl (C=O) groups excluding carboxylic acids is 1. The zero-order valence-electron chi connectivity index (χ0n) is 10.3. The van der Waals surface area contributed by atoms with Crippen molar-refractivity contribution < 1.29 is 18.0 Å². The van der Waals surface area contributed by atoms with Gasteiger partial charge in [0.2, 0.25) is 0 Å². The summed E-state index contributed by atoms with van der Waals surface area (Å²) in [7, 11) is 0. The molecular formula is C14H8BrF3INO. The van der Waals surface area contributed by atoms with Crippen LogP contribution in [0.25, 0.3) is 0 Å². The molecule has 0 aliphatic carbocycles. The largest absolute Gasteiger partial charge is 0.417 e. The Labute approximate surface area is 141 Å². The minimum atomic E-state index is -4.48. The highest BCUT2D eigenvalue weighted by atomic mass is 127. The maximum atomic E-state index is 12.8. The van der Waals surface area contributed by atoms with Crippen LogP contribution in [0.15, 0.2) is 46.9 Å². The fourth-order valence-electron chi connectivity index (χ4n) is 1.65. The van der Waals surface area contributed by atoms with Crippen LogP contribution in [0, 0.1) is 3.57 Å². The van der Waals surface area contributed by atoms with E-state index < -0.39 is 17.6 Å². The molecule has 0 spiro atoms. The summed E-state index contributed by atoms with van der Waals surface area (Å²) in [5, 5.41) is 2.46. The number of hydrogen-bond donors (Lipinski definition) is 1. The van der Waals surface area contributed by atoms with Gasteiger partial charge < -0.3 is 5.32 Å². The second-order valence-electron chi connectivity index (χ2n) is 4.16. The molecule has 110 valence electrons. The summed E-state index contributed by atoms with van der Waals surface area (Å²) in [6.07, 6.45) is -4.48. The molecule has 2 aromatic rings. The average molecular weight is 470 g/mol. The Morgan fingerprint density at radius 1 is 1.14 bits per heavy atom. The van der Waals surface area contributed by atoms with Gasteiger partial charge in [0.25, 0.3) is 5.91 Å². The van der Waals surface area contributed by atoms with Crippen molar-refractivity contribution in [2.45, 2.75) is 6.18 Å². The minimum Gasteiger partial charge on any atom is -0.322 e. The van der Waals surface area contributed by atoms with Crippen molar-refractivity contribution in [1.82, 2.24) is 0 Å². The predicted molar refractivity (Wildman–Crippen MR) is 86.3 cm³/mol. The second-order valence-corrected chi connectivity index (χ2v) is 6.26. The summed E-state index contributed by atoms with van der Waals surface area (Å²) in [6, 6.07) is 10.3. The third-order valence-electron chi connectivity index (χ3n) is 2.62. The molecule has 0 saturated carbocycles. The SMILES string of the molecule is O=C(Nc1ccc(Br)c(C(F)(F)F)c1)c1cccc(I)c1. The van der Waals surface area contributed by atoms with E-state index >= 15 is 0 Å². The van der Waals surface area contributed by atoms with Crippen molar-refractivity contribution in [3.63, 3.8) is 0 Å². The van der Waals surface area contributed by atoms with E-state index in [9.17, 15) is 18.0 Å². The van der Waals surface area contributed by atoms with E-state index in [0.29, 0.717) is 5.56 Å². The molecule has 0 aromatic heterocycles. The lowest BCUT2D eigenvalue weighted by atomic mass is 10.1. The molecule has 0 fully saturated rings. The number of carbonyl (C=O) groups is 1. The van der Waals surface area contributed by atoms with Gasteiger partial charge in [-0.05, 0) is 59.0 Å². The lowest BCUT2D eigenvalue weighted by Gasteiger charge is -2.12. The quantitative estimate of drug-likeness (QED) is 0.592. The molecule has 2 rings (SSSR count). The fraction of sp³-hybridized carbons (Fsp3) is 0.0714. The zero-order chi connectivity index (χ0) is 15.6. The summed E-state index contributed by atoms with van der Waals surface area (Å²) in [5.74, 6) is -0.455. The van der Waals surface area contributed by atoms with Gasteiger partial charge in [-0.25, -0.2) is 0 Å². The van der Waals surface area contributed by atoms with Gasteiger partial charge in [-0.1, -0.05) is 22.0 Å². The van der Waals surface area contributed by atoms with Crippen LogP contribution in [-0.4, -0.2) is 5.91 Å². The van der Waals surface area contributed by atoms with E-state index in [1.807, 2.05) is 6.07 Å². The van der Waals surface area contributed by atoms with E-state index in [1.54, 1.807) is 18.2 Å². The Kier molecular flexibility index (Phi) is 4.92. The van der Waals surface area contributed by atoms with Crippen LogP contribution < -0.4 is 5.32 Å². The van der Waals surface area contributed by atoms with Gasteiger partial charge >= 0.3 is 6.18 Å². The molecule has 0 atom stereocenters. The van der Waals surface area contributed by atoms with Gasteiger partial charge in [0.05, 0.1) is 5.56 Å². The summed E-state index contributed by atoms with van der Waals surface area (Å²) < 4.78 is 39.2. The van der Waals surface area contributed by atoms with Crippen LogP contribution in [0.2, 0.25) is 0 Å². The van der Waals surface area contributed by atoms with Gasteiger partial charge in [0.15, 0.2) is 0 Å². The topological polar surface area (TPSA) is 29.1 Å². The molecule has 0 unspecified atom stereocenters. The molecule has 2 nitrogen and oxygen atoms in total. The monoisotopic (exact) mass is 469 g/mol. The number of alkyl halides is 3. The Morgan fingerprint density at radius 3 is 2.48 bits per heavy atom. The Morgan fingerprint density at radius 2 is 1.86 bits per heavy atom. The lowest BCUT2D eigenvalue weighted by Crippen LogP contribution is -2.13. The zero-order valence-corrected chi connectivity index (χ0v) is 14.1. The van der Waals surface area contributed by atoms with Crippen molar-refractivity contribution in [2.24, 2.45) is 0 Å². The maximum absolute atomic E-state index is 12.8. The summed E-state index contributed by atoms with van der Waals surface area (Å²) in [4.78, 5) is 12.0. The molecular weight excluding hydrogens is 462 g/mol. The van der Waals surface area contributed by atoms with E-state index in [2.05, 4.69) is 43.8 Å². The van der Waals surface area contributed by atoms with E-state index in [-0.39, 0.29) is 10.2 Å². The van der Waals surface area contributed by atoms with Crippen LogP contribution >= 0.6 is 38.5 Å². The molecule has 1 N–H and O–H groups in total.